The Labute approximate surface area is 105 Å². The van der Waals surface area contributed by atoms with Crippen LogP contribution in [0.3, 0.4) is 0 Å². The molecule has 1 saturated heterocycles. The van der Waals surface area contributed by atoms with E-state index in [-0.39, 0.29) is 5.91 Å². The van der Waals surface area contributed by atoms with Gasteiger partial charge in [-0.2, -0.15) is 0 Å². The van der Waals surface area contributed by atoms with Gasteiger partial charge in [-0.05, 0) is 33.1 Å². The van der Waals surface area contributed by atoms with Gasteiger partial charge >= 0.3 is 0 Å². The third-order valence-corrected chi connectivity index (χ3v) is 3.62. The van der Waals surface area contributed by atoms with Crippen LogP contribution < -0.4 is 5.73 Å². The Morgan fingerprint density at radius 1 is 1.47 bits per heavy atom. The Bertz CT molecular complexity index is 243. The zero-order valence-electron chi connectivity index (χ0n) is 11.5. The summed E-state index contributed by atoms with van der Waals surface area (Å²) in [5.74, 6) is 0.214. The van der Waals surface area contributed by atoms with Crippen molar-refractivity contribution in [3.63, 3.8) is 0 Å². The van der Waals surface area contributed by atoms with E-state index in [1.807, 2.05) is 4.90 Å². The van der Waals surface area contributed by atoms with E-state index < -0.39 is 0 Å². The molecule has 0 aliphatic carbocycles. The van der Waals surface area contributed by atoms with Crippen LogP contribution in [0.2, 0.25) is 0 Å². The molecule has 4 heteroatoms. The summed E-state index contributed by atoms with van der Waals surface area (Å²) in [6.45, 7) is 9.56. The largest absolute Gasteiger partial charge is 0.339 e. The number of amides is 1. The molecule has 1 unspecified atom stereocenters. The summed E-state index contributed by atoms with van der Waals surface area (Å²) < 4.78 is 0. The van der Waals surface area contributed by atoms with Crippen molar-refractivity contribution in [1.82, 2.24) is 9.80 Å². The van der Waals surface area contributed by atoms with Gasteiger partial charge in [-0.3, -0.25) is 9.69 Å². The second kappa shape index (κ2) is 6.97. The molecule has 1 fully saturated rings. The van der Waals surface area contributed by atoms with Gasteiger partial charge in [0, 0.05) is 45.2 Å². The topological polar surface area (TPSA) is 49.6 Å². The molecule has 1 rings (SSSR count). The molecular formula is C13H27N3O. The number of carbonyl (C=O) groups is 1. The van der Waals surface area contributed by atoms with Crippen LogP contribution in [0.5, 0.6) is 0 Å². The molecule has 17 heavy (non-hydrogen) atoms. The molecule has 0 aromatic carbocycles. The minimum atomic E-state index is 0.214. The predicted octanol–water partition coefficient (Wildman–Crippen LogP) is 1.06. The molecule has 2 N–H and O–H groups in total. The van der Waals surface area contributed by atoms with Gasteiger partial charge in [0.1, 0.15) is 0 Å². The van der Waals surface area contributed by atoms with Crippen LogP contribution in [-0.2, 0) is 4.79 Å². The van der Waals surface area contributed by atoms with Crippen LogP contribution in [-0.4, -0.2) is 54.0 Å². The number of hydrogen-bond donors (Lipinski definition) is 1. The van der Waals surface area contributed by atoms with Crippen molar-refractivity contribution in [3.8, 4) is 0 Å². The number of hydrogen-bond acceptors (Lipinski definition) is 3. The van der Waals surface area contributed by atoms with E-state index in [1.165, 1.54) is 6.42 Å². The molecule has 100 valence electrons. The van der Waals surface area contributed by atoms with E-state index in [0.29, 0.717) is 18.6 Å². The smallest absolute Gasteiger partial charge is 0.219 e. The Morgan fingerprint density at radius 3 is 2.71 bits per heavy atom. The molecule has 1 aliphatic rings. The van der Waals surface area contributed by atoms with Crippen molar-refractivity contribution < 1.29 is 4.79 Å². The second-order valence-electron chi connectivity index (χ2n) is 5.24. The van der Waals surface area contributed by atoms with Gasteiger partial charge in [-0.1, -0.05) is 0 Å². The maximum absolute atomic E-state index is 11.6. The Morgan fingerprint density at radius 2 is 2.18 bits per heavy atom. The van der Waals surface area contributed by atoms with Crippen molar-refractivity contribution in [3.05, 3.63) is 0 Å². The fourth-order valence-electron chi connectivity index (χ4n) is 2.60. The molecule has 1 heterocycles. The molecular weight excluding hydrogens is 214 g/mol. The number of carbonyl (C=O) groups excluding carboxylic acids is 1. The standard InChI is InChI=1S/C13H27N3O/c1-11(2)15(9-7-14)10-13-6-4-5-8-16(13)12(3)17/h11,13H,4-10,14H2,1-3H3. The maximum Gasteiger partial charge on any atom is 0.219 e. The summed E-state index contributed by atoms with van der Waals surface area (Å²) in [6, 6.07) is 0.879. The quantitative estimate of drug-likeness (QED) is 0.783. The SMILES string of the molecule is CC(=O)N1CCCCC1CN(CCN)C(C)C. The molecule has 1 amide bonds. The monoisotopic (exact) mass is 241 g/mol. The third-order valence-electron chi connectivity index (χ3n) is 3.62. The Balaban J connectivity index is 2.58. The summed E-state index contributed by atoms with van der Waals surface area (Å²) in [6.07, 6.45) is 3.52. The molecule has 1 atom stereocenters. The van der Waals surface area contributed by atoms with Crippen LogP contribution in [0.4, 0.5) is 0 Å². The number of rotatable bonds is 5. The van der Waals surface area contributed by atoms with Crippen LogP contribution in [0.15, 0.2) is 0 Å². The van der Waals surface area contributed by atoms with E-state index in [9.17, 15) is 4.79 Å². The van der Waals surface area contributed by atoms with Gasteiger partial charge in [-0.25, -0.2) is 0 Å². The van der Waals surface area contributed by atoms with Gasteiger partial charge in [0.15, 0.2) is 0 Å². The van der Waals surface area contributed by atoms with Gasteiger partial charge in [0.25, 0.3) is 0 Å². The van der Waals surface area contributed by atoms with E-state index in [0.717, 1.165) is 32.5 Å². The average molecular weight is 241 g/mol. The van der Waals surface area contributed by atoms with E-state index in [2.05, 4.69) is 18.7 Å². The lowest BCUT2D eigenvalue weighted by molar-refractivity contribution is -0.133. The second-order valence-corrected chi connectivity index (χ2v) is 5.24. The van der Waals surface area contributed by atoms with Gasteiger partial charge in [-0.15, -0.1) is 0 Å². The highest BCUT2D eigenvalue weighted by molar-refractivity contribution is 5.73. The van der Waals surface area contributed by atoms with Gasteiger partial charge < -0.3 is 10.6 Å². The highest BCUT2D eigenvalue weighted by Crippen LogP contribution is 2.18. The Kier molecular flexibility index (Phi) is 5.92. The molecule has 0 bridgehead atoms. The van der Waals surface area contributed by atoms with E-state index in [1.54, 1.807) is 6.92 Å². The summed E-state index contributed by atoms with van der Waals surface area (Å²) in [7, 11) is 0. The van der Waals surface area contributed by atoms with Gasteiger partial charge in [0.2, 0.25) is 5.91 Å². The molecule has 0 aromatic heterocycles. The minimum absolute atomic E-state index is 0.214. The summed E-state index contributed by atoms with van der Waals surface area (Å²) in [5, 5.41) is 0. The van der Waals surface area contributed by atoms with Gasteiger partial charge in [0.05, 0.1) is 0 Å². The first-order valence-electron chi connectivity index (χ1n) is 6.77. The fourth-order valence-corrected chi connectivity index (χ4v) is 2.60. The zero-order valence-corrected chi connectivity index (χ0v) is 11.5. The van der Waals surface area contributed by atoms with Crippen LogP contribution in [0, 0.1) is 0 Å². The first-order valence-corrected chi connectivity index (χ1v) is 6.77. The van der Waals surface area contributed by atoms with Crippen molar-refractivity contribution in [1.29, 1.82) is 0 Å². The lowest BCUT2D eigenvalue weighted by Gasteiger charge is -2.39. The first kappa shape index (κ1) is 14.5. The van der Waals surface area contributed by atoms with Crippen molar-refractivity contribution in [2.75, 3.05) is 26.2 Å². The van der Waals surface area contributed by atoms with Crippen molar-refractivity contribution in [2.24, 2.45) is 5.73 Å². The number of nitrogens with two attached hydrogens (primary N) is 1. The first-order chi connectivity index (χ1) is 8.06. The van der Waals surface area contributed by atoms with E-state index in [4.69, 9.17) is 5.73 Å². The molecule has 0 aromatic rings. The van der Waals surface area contributed by atoms with Crippen LogP contribution >= 0.6 is 0 Å². The fraction of sp³-hybridized carbons (Fsp3) is 0.923. The predicted molar refractivity (Wildman–Crippen MR) is 70.8 cm³/mol. The number of likely N-dealkylation sites (tertiary alicyclic amines) is 1. The summed E-state index contributed by atoms with van der Waals surface area (Å²) in [4.78, 5) is 16.0. The molecule has 1 aliphatic heterocycles. The number of nitrogens with zero attached hydrogens (tertiary/aromatic N) is 2. The lowest BCUT2D eigenvalue weighted by Crippen LogP contribution is -2.50. The maximum atomic E-state index is 11.6. The molecule has 0 radical (unpaired) electrons. The number of piperidine rings is 1. The normalized spacial score (nSPS) is 21.3. The average Bonchev–Trinajstić information content (AvgIpc) is 2.28. The molecule has 0 spiro atoms. The lowest BCUT2D eigenvalue weighted by atomic mass is 10.0. The Hall–Kier alpha value is -0.610. The van der Waals surface area contributed by atoms with Crippen LogP contribution in [0.25, 0.3) is 0 Å². The van der Waals surface area contributed by atoms with E-state index >= 15 is 0 Å². The zero-order chi connectivity index (χ0) is 12.8. The highest BCUT2D eigenvalue weighted by Gasteiger charge is 2.26. The van der Waals surface area contributed by atoms with Crippen molar-refractivity contribution in [2.45, 2.75) is 52.1 Å². The summed E-state index contributed by atoms with van der Waals surface area (Å²) >= 11 is 0. The summed E-state index contributed by atoms with van der Waals surface area (Å²) in [5.41, 5.74) is 5.64. The molecule has 0 saturated carbocycles. The molecule has 4 nitrogen and oxygen atoms in total. The minimum Gasteiger partial charge on any atom is -0.339 e. The highest BCUT2D eigenvalue weighted by atomic mass is 16.2. The van der Waals surface area contributed by atoms with Crippen molar-refractivity contribution >= 4 is 5.91 Å². The van der Waals surface area contributed by atoms with Crippen LogP contribution in [0.1, 0.15) is 40.0 Å². The third kappa shape index (κ3) is 4.28.